The van der Waals surface area contributed by atoms with Gasteiger partial charge in [-0.05, 0) is 24.3 Å². The average molecular weight is 267 g/mol. The van der Waals surface area contributed by atoms with Crippen LogP contribution in [0.5, 0.6) is 0 Å². The molecule has 0 aliphatic carbocycles. The lowest BCUT2D eigenvalue weighted by molar-refractivity contribution is 0.0954. The van der Waals surface area contributed by atoms with Gasteiger partial charge in [-0.25, -0.2) is 4.98 Å². The SMILES string of the molecule is O=C(NCCc1nccs1)c1ccc(Cl)cc1. The van der Waals surface area contributed by atoms with E-state index in [1.165, 1.54) is 0 Å². The Kier molecular flexibility index (Phi) is 4.12. The summed E-state index contributed by atoms with van der Waals surface area (Å²) in [4.78, 5) is 15.9. The van der Waals surface area contributed by atoms with Gasteiger partial charge in [-0.15, -0.1) is 11.3 Å². The number of hydrogen-bond donors (Lipinski definition) is 1. The summed E-state index contributed by atoms with van der Waals surface area (Å²) >= 11 is 7.34. The molecule has 0 radical (unpaired) electrons. The third-order valence-corrected chi connectivity index (χ3v) is 3.31. The Balaban J connectivity index is 1.83. The maximum atomic E-state index is 11.7. The molecule has 5 heteroatoms. The molecule has 1 aromatic carbocycles. The van der Waals surface area contributed by atoms with E-state index in [4.69, 9.17) is 11.6 Å². The topological polar surface area (TPSA) is 42.0 Å². The van der Waals surface area contributed by atoms with E-state index in [0.717, 1.165) is 11.4 Å². The molecule has 0 saturated heterocycles. The number of thiazole rings is 1. The number of halogens is 1. The van der Waals surface area contributed by atoms with Gasteiger partial charge in [-0.2, -0.15) is 0 Å². The monoisotopic (exact) mass is 266 g/mol. The smallest absolute Gasteiger partial charge is 0.251 e. The Morgan fingerprint density at radius 2 is 2.12 bits per heavy atom. The molecule has 17 heavy (non-hydrogen) atoms. The molecular formula is C12H11ClN2OS. The van der Waals surface area contributed by atoms with Crippen molar-refractivity contribution in [1.29, 1.82) is 0 Å². The minimum atomic E-state index is -0.0850. The third kappa shape index (κ3) is 3.54. The van der Waals surface area contributed by atoms with Gasteiger partial charge >= 0.3 is 0 Å². The van der Waals surface area contributed by atoms with Crippen LogP contribution in [0.1, 0.15) is 15.4 Å². The number of nitrogens with one attached hydrogen (secondary N) is 1. The van der Waals surface area contributed by atoms with Crippen molar-refractivity contribution in [3.8, 4) is 0 Å². The first-order valence-electron chi connectivity index (χ1n) is 5.18. The lowest BCUT2D eigenvalue weighted by Crippen LogP contribution is -2.25. The summed E-state index contributed by atoms with van der Waals surface area (Å²) in [6, 6.07) is 6.83. The van der Waals surface area contributed by atoms with Crippen molar-refractivity contribution >= 4 is 28.8 Å². The van der Waals surface area contributed by atoms with Crippen LogP contribution in [0.4, 0.5) is 0 Å². The zero-order valence-electron chi connectivity index (χ0n) is 9.02. The summed E-state index contributed by atoms with van der Waals surface area (Å²) in [5, 5.41) is 6.43. The normalized spacial score (nSPS) is 10.2. The standard InChI is InChI=1S/C12H11ClN2OS/c13-10-3-1-9(2-4-10)12(16)15-6-5-11-14-7-8-17-11/h1-4,7-8H,5-6H2,(H,15,16). The molecule has 0 unspecified atom stereocenters. The fraction of sp³-hybridized carbons (Fsp3) is 0.167. The fourth-order valence-corrected chi connectivity index (χ4v) is 2.11. The number of carbonyl (C=O) groups excluding carboxylic acids is 1. The molecule has 2 aromatic rings. The Morgan fingerprint density at radius 3 is 2.76 bits per heavy atom. The van der Waals surface area contributed by atoms with E-state index in [-0.39, 0.29) is 5.91 Å². The second-order valence-corrected chi connectivity index (χ2v) is 4.85. The highest BCUT2D eigenvalue weighted by molar-refractivity contribution is 7.09. The first-order valence-corrected chi connectivity index (χ1v) is 6.43. The average Bonchev–Trinajstić information content (AvgIpc) is 2.83. The van der Waals surface area contributed by atoms with E-state index in [2.05, 4.69) is 10.3 Å². The molecule has 0 saturated carbocycles. The van der Waals surface area contributed by atoms with E-state index >= 15 is 0 Å². The molecule has 2 rings (SSSR count). The minimum absolute atomic E-state index is 0.0850. The van der Waals surface area contributed by atoms with Crippen LogP contribution in [0.3, 0.4) is 0 Å². The van der Waals surface area contributed by atoms with Gasteiger partial charge < -0.3 is 5.32 Å². The molecule has 1 aromatic heterocycles. The van der Waals surface area contributed by atoms with Gasteiger partial charge in [0.1, 0.15) is 0 Å². The third-order valence-electron chi connectivity index (χ3n) is 2.21. The molecule has 1 heterocycles. The summed E-state index contributed by atoms with van der Waals surface area (Å²) in [6.07, 6.45) is 2.53. The number of hydrogen-bond acceptors (Lipinski definition) is 3. The summed E-state index contributed by atoms with van der Waals surface area (Å²) in [5.74, 6) is -0.0850. The first-order chi connectivity index (χ1) is 8.25. The molecule has 0 fully saturated rings. The van der Waals surface area contributed by atoms with Crippen LogP contribution in [0, 0.1) is 0 Å². The number of benzene rings is 1. The summed E-state index contributed by atoms with van der Waals surface area (Å²) in [6.45, 7) is 0.592. The molecule has 0 aliphatic heterocycles. The minimum Gasteiger partial charge on any atom is -0.352 e. The fourth-order valence-electron chi connectivity index (χ4n) is 1.36. The highest BCUT2D eigenvalue weighted by atomic mass is 35.5. The zero-order chi connectivity index (χ0) is 12.1. The van der Waals surface area contributed by atoms with E-state index in [1.807, 2.05) is 5.38 Å². The lowest BCUT2D eigenvalue weighted by Gasteiger charge is -2.03. The Bertz CT molecular complexity index is 482. The molecule has 1 N–H and O–H groups in total. The van der Waals surface area contributed by atoms with Crippen molar-refractivity contribution in [3.05, 3.63) is 51.4 Å². The number of nitrogens with zero attached hydrogens (tertiary/aromatic N) is 1. The highest BCUT2D eigenvalue weighted by Gasteiger charge is 2.04. The number of carbonyl (C=O) groups is 1. The van der Waals surface area contributed by atoms with Crippen molar-refractivity contribution in [2.24, 2.45) is 0 Å². The molecule has 0 bridgehead atoms. The number of aromatic nitrogens is 1. The predicted molar refractivity (Wildman–Crippen MR) is 69.6 cm³/mol. The second-order valence-electron chi connectivity index (χ2n) is 3.44. The summed E-state index contributed by atoms with van der Waals surface area (Å²) < 4.78 is 0. The molecule has 0 spiro atoms. The van der Waals surface area contributed by atoms with E-state index in [9.17, 15) is 4.79 Å². The molecule has 0 atom stereocenters. The Labute approximate surface area is 108 Å². The van der Waals surface area contributed by atoms with Crippen LogP contribution in [0.25, 0.3) is 0 Å². The van der Waals surface area contributed by atoms with Crippen molar-refractivity contribution in [3.63, 3.8) is 0 Å². The van der Waals surface area contributed by atoms with Gasteiger partial charge in [0.2, 0.25) is 0 Å². The maximum Gasteiger partial charge on any atom is 0.251 e. The van der Waals surface area contributed by atoms with Gasteiger partial charge in [0, 0.05) is 35.1 Å². The van der Waals surface area contributed by atoms with Crippen molar-refractivity contribution in [1.82, 2.24) is 10.3 Å². The van der Waals surface area contributed by atoms with E-state index in [1.54, 1.807) is 41.8 Å². The van der Waals surface area contributed by atoms with Crippen LogP contribution in [-0.4, -0.2) is 17.4 Å². The van der Waals surface area contributed by atoms with Gasteiger partial charge in [-0.1, -0.05) is 11.6 Å². The Morgan fingerprint density at radius 1 is 1.35 bits per heavy atom. The molecule has 88 valence electrons. The molecule has 1 amide bonds. The van der Waals surface area contributed by atoms with Crippen molar-refractivity contribution in [2.45, 2.75) is 6.42 Å². The highest BCUT2D eigenvalue weighted by Crippen LogP contribution is 2.09. The van der Waals surface area contributed by atoms with Crippen molar-refractivity contribution < 1.29 is 4.79 Å². The lowest BCUT2D eigenvalue weighted by atomic mass is 10.2. The number of amides is 1. The second kappa shape index (κ2) is 5.80. The Hall–Kier alpha value is -1.39. The van der Waals surface area contributed by atoms with Crippen LogP contribution in [0.15, 0.2) is 35.8 Å². The van der Waals surface area contributed by atoms with E-state index in [0.29, 0.717) is 17.1 Å². The van der Waals surface area contributed by atoms with Crippen LogP contribution in [-0.2, 0) is 6.42 Å². The van der Waals surface area contributed by atoms with Crippen LogP contribution >= 0.6 is 22.9 Å². The van der Waals surface area contributed by atoms with E-state index < -0.39 is 0 Å². The first kappa shape index (κ1) is 12.1. The zero-order valence-corrected chi connectivity index (χ0v) is 10.6. The molecule has 0 aliphatic rings. The van der Waals surface area contributed by atoms with Gasteiger partial charge in [0.25, 0.3) is 5.91 Å². The van der Waals surface area contributed by atoms with Crippen LogP contribution in [0.2, 0.25) is 5.02 Å². The molecular weight excluding hydrogens is 256 g/mol. The van der Waals surface area contributed by atoms with Gasteiger partial charge in [0.15, 0.2) is 0 Å². The summed E-state index contributed by atoms with van der Waals surface area (Å²) in [7, 11) is 0. The van der Waals surface area contributed by atoms with Gasteiger partial charge in [0.05, 0.1) is 5.01 Å². The summed E-state index contributed by atoms with van der Waals surface area (Å²) in [5.41, 5.74) is 0.619. The molecule has 3 nitrogen and oxygen atoms in total. The number of rotatable bonds is 4. The maximum absolute atomic E-state index is 11.7. The predicted octanol–water partition coefficient (Wildman–Crippen LogP) is 2.77. The largest absolute Gasteiger partial charge is 0.352 e. The van der Waals surface area contributed by atoms with Crippen molar-refractivity contribution in [2.75, 3.05) is 6.54 Å². The van der Waals surface area contributed by atoms with Gasteiger partial charge in [-0.3, -0.25) is 4.79 Å². The quantitative estimate of drug-likeness (QED) is 0.925. The van der Waals surface area contributed by atoms with Crippen LogP contribution < -0.4 is 5.32 Å².